The molecule has 0 radical (unpaired) electrons. The van der Waals surface area contributed by atoms with Crippen LogP contribution in [0.25, 0.3) is 6.08 Å². The molecule has 5 nitrogen and oxygen atoms in total. The van der Waals surface area contributed by atoms with Crippen LogP contribution in [0.1, 0.15) is 18.9 Å². The summed E-state index contributed by atoms with van der Waals surface area (Å²) >= 11 is 0. The van der Waals surface area contributed by atoms with Gasteiger partial charge in [0.05, 0.1) is 11.5 Å². The summed E-state index contributed by atoms with van der Waals surface area (Å²) in [6, 6.07) is 9.03. The molecule has 0 aliphatic carbocycles. The molecule has 0 amide bonds. The average Bonchev–Trinajstić information content (AvgIpc) is 2.61. The van der Waals surface area contributed by atoms with E-state index in [1.807, 2.05) is 18.2 Å². The predicted molar refractivity (Wildman–Crippen MR) is 79.2 cm³/mol. The number of nitrogens with one attached hydrogen (secondary N) is 1. The summed E-state index contributed by atoms with van der Waals surface area (Å²) in [6.07, 6.45) is 1.78. The van der Waals surface area contributed by atoms with Gasteiger partial charge in [-0.15, -0.1) is 0 Å². The standard InChI is InChI=1S/C13H17NO4S2/c1-13(8-10-19(15,16)11-13)14-20(17,18)9-7-12-5-3-2-4-6-12/h2-7,9,14H,8,10-11H2,1H3/b9-7+/t13-/m0/s1. The molecule has 1 aromatic carbocycles. The minimum atomic E-state index is -3.67. The van der Waals surface area contributed by atoms with E-state index in [1.165, 1.54) is 6.08 Å². The number of sulfonamides is 1. The van der Waals surface area contributed by atoms with Gasteiger partial charge in [0.15, 0.2) is 9.84 Å². The van der Waals surface area contributed by atoms with Crippen LogP contribution in [0.4, 0.5) is 0 Å². The number of rotatable bonds is 4. The van der Waals surface area contributed by atoms with E-state index in [-0.39, 0.29) is 11.5 Å². The summed E-state index contributed by atoms with van der Waals surface area (Å²) < 4.78 is 49.3. The molecule has 20 heavy (non-hydrogen) atoms. The van der Waals surface area contributed by atoms with Gasteiger partial charge < -0.3 is 0 Å². The third-order valence-electron chi connectivity index (χ3n) is 3.13. The van der Waals surface area contributed by atoms with Crippen LogP contribution in [-0.4, -0.2) is 33.9 Å². The van der Waals surface area contributed by atoms with Gasteiger partial charge in [0, 0.05) is 10.9 Å². The van der Waals surface area contributed by atoms with Crippen LogP contribution in [-0.2, 0) is 19.9 Å². The molecule has 0 saturated carbocycles. The van der Waals surface area contributed by atoms with Gasteiger partial charge in [0.25, 0.3) is 0 Å². The van der Waals surface area contributed by atoms with Crippen LogP contribution in [0.2, 0.25) is 0 Å². The first-order chi connectivity index (χ1) is 9.20. The van der Waals surface area contributed by atoms with Gasteiger partial charge in [0.2, 0.25) is 10.0 Å². The van der Waals surface area contributed by atoms with E-state index in [4.69, 9.17) is 0 Å². The molecule has 1 N–H and O–H groups in total. The summed E-state index contributed by atoms with van der Waals surface area (Å²) in [4.78, 5) is 0. The van der Waals surface area contributed by atoms with Gasteiger partial charge >= 0.3 is 0 Å². The molecule has 1 aromatic rings. The van der Waals surface area contributed by atoms with Gasteiger partial charge in [-0.1, -0.05) is 30.3 Å². The first-order valence-electron chi connectivity index (χ1n) is 6.17. The molecule has 1 atom stereocenters. The van der Waals surface area contributed by atoms with Crippen molar-refractivity contribution in [2.45, 2.75) is 18.9 Å². The molecular formula is C13H17NO4S2. The molecule has 0 unspecified atom stereocenters. The molecule has 1 aliphatic rings. The van der Waals surface area contributed by atoms with E-state index in [1.54, 1.807) is 19.1 Å². The fourth-order valence-electron chi connectivity index (χ4n) is 2.20. The maximum absolute atomic E-state index is 12.0. The molecule has 1 heterocycles. The third kappa shape index (κ3) is 4.16. The van der Waals surface area contributed by atoms with Crippen molar-refractivity contribution in [2.75, 3.05) is 11.5 Å². The molecule has 7 heteroatoms. The summed E-state index contributed by atoms with van der Waals surface area (Å²) in [5.74, 6) is -0.132. The minimum Gasteiger partial charge on any atom is -0.229 e. The monoisotopic (exact) mass is 315 g/mol. The predicted octanol–water partition coefficient (Wildman–Crippen LogP) is 1.15. The Balaban J connectivity index is 2.11. The third-order valence-corrected chi connectivity index (χ3v) is 6.31. The SMILES string of the molecule is C[C@]1(NS(=O)(=O)/C=C/c2ccccc2)CCS(=O)(=O)C1. The zero-order chi connectivity index (χ0) is 14.9. The zero-order valence-corrected chi connectivity index (χ0v) is 12.7. The second-order valence-corrected chi connectivity index (χ2v) is 9.01. The normalized spacial score (nSPS) is 26.1. The first kappa shape index (κ1) is 15.2. The lowest BCUT2D eigenvalue weighted by molar-refractivity contribution is 0.465. The van der Waals surface area contributed by atoms with Crippen LogP contribution in [0.15, 0.2) is 35.7 Å². The van der Waals surface area contributed by atoms with E-state index in [0.717, 1.165) is 11.0 Å². The van der Waals surface area contributed by atoms with Gasteiger partial charge in [-0.05, 0) is 25.0 Å². The Hall–Kier alpha value is -1.18. The van der Waals surface area contributed by atoms with Crippen LogP contribution >= 0.6 is 0 Å². The largest absolute Gasteiger partial charge is 0.234 e. The highest BCUT2D eigenvalue weighted by Crippen LogP contribution is 2.24. The molecule has 1 fully saturated rings. The van der Waals surface area contributed by atoms with Gasteiger partial charge in [0.1, 0.15) is 0 Å². The maximum atomic E-state index is 12.0. The highest BCUT2D eigenvalue weighted by Gasteiger charge is 2.40. The van der Waals surface area contributed by atoms with Crippen molar-refractivity contribution >= 4 is 25.9 Å². The zero-order valence-electron chi connectivity index (χ0n) is 11.1. The summed E-state index contributed by atoms with van der Waals surface area (Å²) in [5, 5.41) is 1.07. The quantitative estimate of drug-likeness (QED) is 0.904. The van der Waals surface area contributed by atoms with E-state index in [9.17, 15) is 16.8 Å². The smallest absolute Gasteiger partial charge is 0.229 e. The topological polar surface area (TPSA) is 80.3 Å². The Morgan fingerprint density at radius 2 is 1.90 bits per heavy atom. The molecule has 0 bridgehead atoms. The van der Waals surface area contributed by atoms with E-state index in [0.29, 0.717) is 6.42 Å². The first-order valence-corrected chi connectivity index (χ1v) is 9.54. The van der Waals surface area contributed by atoms with Crippen molar-refractivity contribution in [3.8, 4) is 0 Å². The van der Waals surface area contributed by atoms with E-state index in [2.05, 4.69) is 4.72 Å². The van der Waals surface area contributed by atoms with E-state index < -0.39 is 25.4 Å². The summed E-state index contributed by atoms with van der Waals surface area (Å²) in [6.45, 7) is 1.62. The van der Waals surface area contributed by atoms with Crippen molar-refractivity contribution in [2.24, 2.45) is 0 Å². The lowest BCUT2D eigenvalue weighted by atomic mass is 10.0. The van der Waals surface area contributed by atoms with Crippen molar-refractivity contribution in [3.63, 3.8) is 0 Å². The second kappa shape index (κ2) is 5.31. The summed E-state index contributed by atoms with van der Waals surface area (Å²) in [5.41, 5.74) is -0.152. The number of hydrogen-bond donors (Lipinski definition) is 1. The molecule has 1 aliphatic heterocycles. The highest BCUT2D eigenvalue weighted by molar-refractivity contribution is 7.93. The molecular weight excluding hydrogens is 298 g/mol. The lowest BCUT2D eigenvalue weighted by Gasteiger charge is -2.22. The van der Waals surface area contributed by atoms with Gasteiger partial charge in [-0.3, -0.25) is 0 Å². The maximum Gasteiger partial charge on any atom is 0.234 e. The Kier molecular flexibility index (Phi) is 4.04. The Morgan fingerprint density at radius 1 is 1.25 bits per heavy atom. The van der Waals surface area contributed by atoms with Crippen LogP contribution in [0.3, 0.4) is 0 Å². The van der Waals surface area contributed by atoms with E-state index >= 15 is 0 Å². The van der Waals surface area contributed by atoms with Crippen molar-refractivity contribution < 1.29 is 16.8 Å². The van der Waals surface area contributed by atoms with Crippen molar-refractivity contribution in [1.82, 2.24) is 4.72 Å². The van der Waals surface area contributed by atoms with Crippen LogP contribution in [0, 0.1) is 0 Å². The van der Waals surface area contributed by atoms with Crippen LogP contribution < -0.4 is 4.72 Å². The minimum absolute atomic E-state index is 0.0222. The fourth-order valence-corrected chi connectivity index (χ4v) is 5.65. The highest BCUT2D eigenvalue weighted by atomic mass is 32.2. The van der Waals surface area contributed by atoms with Gasteiger partial charge in [-0.2, -0.15) is 0 Å². The van der Waals surface area contributed by atoms with Crippen molar-refractivity contribution in [3.05, 3.63) is 41.3 Å². The Morgan fingerprint density at radius 3 is 2.45 bits per heavy atom. The molecule has 0 spiro atoms. The number of hydrogen-bond acceptors (Lipinski definition) is 4. The van der Waals surface area contributed by atoms with Crippen molar-refractivity contribution in [1.29, 1.82) is 0 Å². The average molecular weight is 315 g/mol. The fraction of sp³-hybridized carbons (Fsp3) is 0.385. The Bertz CT molecular complexity index is 708. The Labute approximate surface area is 119 Å². The molecule has 2 rings (SSSR count). The van der Waals surface area contributed by atoms with Gasteiger partial charge in [-0.25, -0.2) is 21.6 Å². The lowest BCUT2D eigenvalue weighted by Crippen LogP contribution is -2.45. The second-order valence-electron chi connectivity index (χ2n) is 5.26. The van der Waals surface area contributed by atoms with Crippen LogP contribution in [0.5, 0.6) is 0 Å². The number of benzene rings is 1. The number of sulfone groups is 1. The molecule has 110 valence electrons. The summed E-state index contributed by atoms with van der Waals surface area (Å²) in [7, 11) is -6.81. The molecule has 1 saturated heterocycles. The molecule has 0 aromatic heterocycles.